The van der Waals surface area contributed by atoms with Crippen molar-refractivity contribution in [1.29, 1.82) is 0 Å². The van der Waals surface area contributed by atoms with Gasteiger partial charge < -0.3 is 45.5 Å². The van der Waals surface area contributed by atoms with Crippen LogP contribution in [-0.4, -0.2) is 96.9 Å². The minimum atomic E-state index is -3.09. The summed E-state index contributed by atoms with van der Waals surface area (Å²) in [5.74, 6) is -11.3. The first-order valence-corrected chi connectivity index (χ1v) is 13.7. The number of nitrogens with zero attached hydrogens (tertiary/aromatic N) is 2. The molecule has 0 saturated carbocycles. The number of morpholine rings is 1. The fourth-order valence-corrected chi connectivity index (χ4v) is 5.77. The summed E-state index contributed by atoms with van der Waals surface area (Å²) in [5.41, 5.74) is -1.89. The van der Waals surface area contributed by atoms with Gasteiger partial charge in [0.1, 0.15) is 12.1 Å². The van der Waals surface area contributed by atoms with Crippen molar-refractivity contribution in [3.8, 4) is 0 Å². The monoisotopic (exact) mass is 605 g/mol. The van der Waals surface area contributed by atoms with Gasteiger partial charge in [0.25, 0.3) is 17.7 Å². The third-order valence-corrected chi connectivity index (χ3v) is 7.79. The van der Waals surface area contributed by atoms with E-state index >= 15 is 4.39 Å². The van der Waals surface area contributed by atoms with E-state index in [4.69, 9.17) is 4.74 Å². The topological polar surface area (TPSA) is 200 Å². The van der Waals surface area contributed by atoms with Gasteiger partial charge in [-0.15, -0.1) is 0 Å². The highest BCUT2D eigenvalue weighted by molar-refractivity contribution is 6.01. The maximum absolute atomic E-state index is 15.1. The highest BCUT2D eigenvalue weighted by Crippen LogP contribution is 2.41. The molecule has 7 N–H and O–H groups in total. The van der Waals surface area contributed by atoms with Crippen LogP contribution in [0.25, 0.3) is 0 Å². The zero-order valence-corrected chi connectivity index (χ0v) is 23.9. The predicted molar refractivity (Wildman–Crippen MR) is 146 cm³/mol. The second-order valence-electron chi connectivity index (χ2n) is 11.1. The van der Waals surface area contributed by atoms with Crippen molar-refractivity contribution in [2.75, 3.05) is 20.1 Å². The Kier molecular flexibility index (Phi) is 9.07. The van der Waals surface area contributed by atoms with Crippen molar-refractivity contribution in [2.45, 2.75) is 69.0 Å². The first-order chi connectivity index (χ1) is 20.0. The molecule has 0 bridgehead atoms. The minimum absolute atomic E-state index is 0.119. The predicted octanol–water partition coefficient (Wildman–Crippen LogP) is -0.946. The lowest BCUT2D eigenvalue weighted by Gasteiger charge is -2.42. The van der Waals surface area contributed by atoms with E-state index in [1.165, 1.54) is 30.1 Å². The minimum Gasteiger partial charge on any atom is -0.373 e. The van der Waals surface area contributed by atoms with Gasteiger partial charge in [0.05, 0.1) is 23.8 Å². The first kappa shape index (κ1) is 32.6. The molecule has 2 aromatic carbocycles. The Morgan fingerprint density at radius 3 is 2.42 bits per heavy atom. The number of benzene rings is 2. The summed E-state index contributed by atoms with van der Waals surface area (Å²) < 4.78 is 20.7. The molecule has 14 heteroatoms. The fraction of sp³-hybridized carbons (Fsp3) is 0.483. The zero-order chi connectivity index (χ0) is 31.9. The SMILES string of the molecule is CNC(=O)CCC(C=O)N1C(=O)c2cccc(CC(O)(O)c3cc(C(O)(O)N4CC(C)OC(C)C4)ccc3F)c2C1(O)O. The molecule has 2 heterocycles. The van der Waals surface area contributed by atoms with Crippen LogP contribution in [0.15, 0.2) is 36.4 Å². The summed E-state index contributed by atoms with van der Waals surface area (Å²) in [6.07, 6.45) is -1.70. The number of carbonyl (C=O) groups is 3. The third-order valence-electron chi connectivity index (χ3n) is 7.79. The number of ether oxygens (including phenoxy) is 1. The number of halogens is 1. The van der Waals surface area contributed by atoms with Gasteiger partial charge >= 0.3 is 0 Å². The van der Waals surface area contributed by atoms with Crippen LogP contribution in [0.1, 0.15) is 59.3 Å². The number of aldehydes is 1. The molecule has 0 aromatic heterocycles. The van der Waals surface area contributed by atoms with Crippen LogP contribution < -0.4 is 5.32 Å². The van der Waals surface area contributed by atoms with Gasteiger partial charge in [0, 0.05) is 49.7 Å². The van der Waals surface area contributed by atoms with Crippen LogP contribution in [0.4, 0.5) is 4.39 Å². The van der Waals surface area contributed by atoms with Crippen molar-refractivity contribution in [2.24, 2.45) is 0 Å². The normalized spacial score (nSPS) is 21.4. The van der Waals surface area contributed by atoms with Crippen LogP contribution in [0, 0.1) is 5.82 Å². The van der Waals surface area contributed by atoms with Gasteiger partial charge in [0.2, 0.25) is 5.91 Å². The van der Waals surface area contributed by atoms with E-state index in [0.29, 0.717) is 11.2 Å². The van der Waals surface area contributed by atoms with E-state index in [1.54, 1.807) is 13.8 Å². The molecule has 4 rings (SSSR count). The van der Waals surface area contributed by atoms with Crippen LogP contribution in [0.3, 0.4) is 0 Å². The molecule has 0 radical (unpaired) electrons. The van der Waals surface area contributed by atoms with E-state index < -0.39 is 58.8 Å². The molecule has 0 aliphatic carbocycles. The summed E-state index contributed by atoms with van der Waals surface area (Å²) in [4.78, 5) is 38.6. The Bertz CT molecular complexity index is 1390. The number of aliphatic hydroxyl groups is 6. The Labute approximate surface area is 246 Å². The molecule has 2 aliphatic rings. The zero-order valence-electron chi connectivity index (χ0n) is 23.9. The molecule has 3 atom stereocenters. The van der Waals surface area contributed by atoms with Crippen LogP contribution in [0.5, 0.6) is 0 Å². The van der Waals surface area contributed by atoms with E-state index in [9.17, 15) is 45.0 Å². The molecule has 2 aliphatic heterocycles. The number of fused-ring (bicyclic) bond motifs is 1. The van der Waals surface area contributed by atoms with Crippen molar-refractivity contribution >= 4 is 18.1 Å². The van der Waals surface area contributed by atoms with Crippen molar-refractivity contribution in [3.63, 3.8) is 0 Å². The quantitative estimate of drug-likeness (QED) is 0.130. The molecule has 43 heavy (non-hydrogen) atoms. The number of nitrogens with one attached hydrogen (secondary N) is 1. The number of amides is 2. The molecule has 2 amide bonds. The van der Waals surface area contributed by atoms with Crippen molar-refractivity contribution < 1.29 is 54.2 Å². The summed E-state index contributed by atoms with van der Waals surface area (Å²) in [6.45, 7) is 3.72. The third kappa shape index (κ3) is 6.18. The Balaban J connectivity index is 1.68. The van der Waals surface area contributed by atoms with Gasteiger partial charge in [-0.1, -0.05) is 12.1 Å². The summed E-state index contributed by atoms with van der Waals surface area (Å²) in [6, 6.07) is 5.23. The molecule has 1 saturated heterocycles. The summed E-state index contributed by atoms with van der Waals surface area (Å²) in [7, 11) is 1.38. The highest BCUT2D eigenvalue weighted by Gasteiger charge is 2.52. The van der Waals surface area contributed by atoms with E-state index in [1.807, 2.05) is 0 Å². The maximum atomic E-state index is 15.1. The second-order valence-corrected chi connectivity index (χ2v) is 11.1. The molecular formula is C29H36FN3O10. The van der Waals surface area contributed by atoms with Crippen molar-refractivity contribution in [1.82, 2.24) is 15.1 Å². The molecule has 0 spiro atoms. The number of hydrogen-bond donors (Lipinski definition) is 7. The standard InChI is InChI=1S/C29H36FN3O10/c1-16-13-32(14-17(2)43-16)28(39,40)19-7-9-23(30)22(11-19)27(37,38)12-18-5-4-6-21-25(18)29(41,42)33(26(21)36)20(15-34)8-10-24(35)31-3/h4-7,9,11,15-17,20,37-42H,8,10,12-14H2,1-3H3,(H,31,35). The summed E-state index contributed by atoms with van der Waals surface area (Å²) in [5, 5.41) is 68.9. The second kappa shape index (κ2) is 12.0. The number of hydrogen-bond acceptors (Lipinski definition) is 11. The largest absolute Gasteiger partial charge is 0.373 e. The van der Waals surface area contributed by atoms with E-state index in [-0.39, 0.29) is 54.8 Å². The molecule has 234 valence electrons. The summed E-state index contributed by atoms with van der Waals surface area (Å²) >= 11 is 0. The van der Waals surface area contributed by atoms with Crippen molar-refractivity contribution in [3.05, 3.63) is 70.0 Å². The Morgan fingerprint density at radius 2 is 1.81 bits per heavy atom. The van der Waals surface area contributed by atoms with E-state index in [2.05, 4.69) is 5.32 Å². The maximum Gasteiger partial charge on any atom is 0.279 e. The smallest absolute Gasteiger partial charge is 0.279 e. The first-order valence-electron chi connectivity index (χ1n) is 13.7. The van der Waals surface area contributed by atoms with Crippen LogP contribution >= 0.6 is 0 Å². The van der Waals surface area contributed by atoms with Crippen LogP contribution in [0.2, 0.25) is 0 Å². The fourth-order valence-electron chi connectivity index (χ4n) is 5.77. The molecule has 2 aromatic rings. The average molecular weight is 606 g/mol. The lowest BCUT2D eigenvalue weighted by Crippen LogP contribution is -2.55. The average Bonchev–Trinajstić information content (AvgIpc) is 3.13. The van der Waals surface area contributed by atoms with Gasteiger partial charge in [0.15, 0.2) is 5.79 Å². The van der Waals surface area contributed by atoms with Gasteiger partial charge in [-0.05, 0) is 50.1 Å². The lowest BCUT2D eigenvalue weighted by molar-refractivity contribution is -0.298. The van der Waals surface area contributed by atoms with Gasteiger partial charge in [-0.2, -0.15) is 0 Å². The Morgan fingerprint density at radius 1 is 1.16 bits per heavy atom. The lowest BCUT2D eigenvalue weighted by atomic mass is 9.90. The van der Waals surface area contributed by atoms with Gasteiger partial charge in [-0.25, -0.2) is 9.29 Å². The highest BCUT2D eigenvalue weighted by atomic mass is 19.1. The van der Waals surface area contributed by atoms with Crippen LogP contribution in [-0.2, 0) is 38.4 Å². The van der Waals surface area contributed by atoms with Gasteiger partial charge in [-0.3, -0.25) is 14.5 Å². The molecule has 13 nitrogen and oxygen atoms in total. The molecular weight excluding hydrogens is 569 g/mol. The number of rotatable bonds is 10. The Hall–Kier alpha value is -3.34. The van der Waals surface area contributed by atoms with E-state index in [0.717, 1.165) is 18.2 Å². The molecule has 3 unspecified atom stereocenters. The number of carbonyl (C=O) groups excluding carboxylic acids is 3. The molecule has 1 fully saturated rings.